The van der Waals surface area contributed by atoms with Gasteiger partial charge in [0, 0.05) is 29.6 Å². The number of H-pyrrole nitrogens is 1. The van der Waals surface area contributed by atoms with Crippen molar-refractivity contribution in [3.05, 3.63) is 46.8 Å². The lowest BCUT2D eigenvalue weighted by Crippen LogP contribution is -2.05. The normalized spacial score (nSPS) is 10.2. The lowest BCUT2D eigenvalue weighted by Gasteiger charge is -2.03. The smallest absolute Gasteiger partial charge is 0.125 e. The number of nitrogens with one attached hydrogen (secondary N) is 2. The summed E-state index contributed by atoms with van der Waals surface area (Å²) >= 11 is 3.35. The van der Waals surface area contributed by atoms with Crippen molar-refractivity contribution < 1.29 is 0 Å². The van der Waals surface area contributed by atoms with Crippen molar-refractivity contribution in [3.8, 4) is 0 Å². The predicted octanol–water partition coefficient (Wildman–Crippen LogP) is 2.83. The average molecular weight is 266 g/mol. The van der Waals surface area contributed by atoms with Gasteiger partial charge >= 0.3 is 0 Å². The summed E-state index contributed by atoms with van der Waals surface area (Å²) in [5, 5.41) is 3.26. The van der Waals surface area contributed by atoms with Gasteiger partial charge in [-0.25, -0.2) is 4.98 Å². The zero-order chi connectivity index (χ0) is 10.5. The van der Waals surface area contributed by atoms with Gasteiger partial charge in [0.1, 0.15) is 5.82 Å². The van der Waals surface area contributed by atoms with Gasteiger partial charge in [0.25, 0.3) is 0 Å². The van der Waals surface area contributed by atoms with Crippen LogP contribution in [0.1, 0.15) is 5.56 Å². The quantitative estimate of drug-likeness (QED) is 0.893. The Balaban J connectivity index is 1.81. The van der Waals surface area contributed by atoms with Crippen LogP contribution in [0.4, 0.5) is 5.82 Å². The number of hydrogen-bond acceptors (Lipinski definition) is 2. The van der Waals surface area contributed by atoms with Gasteiger partial charge in [0.05, 0.1) is 0 Å². The van der Waals surface area contributed by atoms with Crippen LogP contribution in [-0.2, 0) is 6.42 Å². The zero-order valence-corrected chi connectivity index (χ0v) is 9.79. The molecule has 2 rings (SSSR count). The Hall–Kier alpha value is -1.29. The number of aromatic nitrogens is 2. The van der Waals surface area contributed by atoms with E-state index < -0.39 is 0 Å². The Kier molecular flexibility index (Phi) is 3.40. The maximum Gasteiger partial charge on any atom is 0.125 e. The Bertz CT molecular complexity index is 394. The summed E-state index contributed by atoms with van der Waals surface area (Å²) in [6.07, 6.45) is 6.74. The molecule has 0 spiro atoms. The van der Waals surface area contributed by atoms with Crippen molar-refractivity contribution in [3.63, 3.8) is 0 Å². The third-order valence-electron chi connectivity index (χ3n) is 2.11. The van der Waals surface area contributed by atoms with Crippen molar-refractivity contribution in [2.24, 2.45) is 0 Å². The van der Waals surface area contributed by atoms with Crippen LogP contribution in [0.3, 0.4) is 0 Å². The molecule has 15 heavy (non-hydrogen) atoms. The molecule has 3 nitrogen and oxygen atoms in total. The lowest BCUT2D eigenvalue weighted by molar-refractivity contribution is 1.01. The standard InChI is InChI=1S/C11H12BrN3/c12-10-1-2-11(15-8-10)14-6-4-9-3-5-13-7-9/h1-3,5,7-8,13H,4,6H2,(H,14,15). The van der Waals surface area contributed by atoms with Crippen molar-refractivity contribution >= 4 is 21.7 Å². The molecule has 78 valence electrons. The minimum Gasteiger partial charge on any atom is -0.370 e. The van der Waals surface area contributed by atoms with Gasteiger partial charge in [0.2, 0.25) is 0 Å². The summed E-state index contributed by atoms with van der Waals surface area (Å²) in [5.74, 6) is 0.911. The highest BCUT2D eigenvalue weighted by molar-refractivity contribution is 9.10. The van der Waals surface area contributed by atoms with E-state index in [0.717, 1.165) is 23.3 Å². The molecule has 0 saturated carbocycles. The monoisotopic (exact) mass is 265 g/mol. The average Bonchev–Trinajstić information content (AvgIpc) is 2.74. The van der Waals surface area contributed by atoms with Gasteiger partial charge < -0.3 is 10.3 Å². The van der Waals surface area contributed by atoms with Gasteiger partial charge in [-0.2, -0.15) is 0 Å². The van der Waals surface area contributed by atoms with E-state index in [9.17, 15) is 0 Å². The molecule has 0 radical (unpaired) electrons. The zero-order valence-electron chi connectivity index (χ0n) is 8.20. The molecule has 0 aliphatic carbocycles. The first-order valence-electron chi connectivity index (χ1n) is 4.82. The minimum atomic E-state index is 0.895. The van der Waals surface area contributed by atoms with Crippen molar-refractivity contribution in [1.82, 2.24) is 9.97 Å². The maximum absolute atomic E-state index is 4.23. The number of nitrogens with zero attached hydrogens (tertiary/aromatic N) is 1. The first-order chi connectivity index (χ1) is 7.34. The van der Waals surface area contributed by atoms with Crippen LogP contribution in [0, 0.1) is 0 Å². The van der Waals surface area contributed by atoms with Crippen LogP contribution in [0.15, 0.2) is 41.3 Å². The number of pyridine rings is 1. The third kappa shape index (κ3) is 3.09. The van der Waals surface area contributed by atoms with E-state index in [4.69, 9.17) is 0 Å². The lowest BCUT2D eigenvalue weighted by atomic mass is 10.2. The summed E-state index contributed by atoms with van der Waals surface area (Å²) in [5.41, 5.74) is 1.31. The van der Waals surface area contributed by atoms with E-state index in [1.807, 2.05) is 24.5 Å². The van der Waals surface area contributed by atoms with Crippen molar-refractivity contribution in [1.29, 1.82) is 0 Å². The third-order valence-corrected chi connectivity index (χ3v) is 2.58. The molecular formula is C11H12BrN3. The molecule has 2 aromatic rings. The molecule has 0 unspecified atom stereocenters. The minimum absolute atomic E-state index is 0.895. The van der Waals surface area contributed by atoms with E-state index in [1.54, 1.807) is 6.20 Å². The van der Waals surface area contributed by atoms with Crippen LogP contribution in [0.5, 0.6) is 0 Å². The molecular weight excluding hydrogens is 254 g/mol. The molecule has 0 saturated heterocycles. The maximum atomic E-state index is 4.23. The Morgan fingerprint density at radius 3 is 2.93 bits per heavy atom. The fourth-order valence-corrected chi connectivity index (χ4v) is 1.56. The summed E-state index contributed by atoms with van der Waals surface area (Å²) in [6.45, 7) is 0.895. The second-order valence-electron chi connectivity index (χ2n) is 3.26. The van der Waals surface area contributed by atoms with Crippen LogP contribution in [-0.4, -0.2) is 16.5 Å². The summed E-state index contributed by atoms with van der Waals surface area (Å²) < 4.78 is 0.999. The molecule has 0 aromatic carbocycles. The Morgan fingerprint density at radius 1 is 1.33 bits per heavy atom. The van der Waals surface area contributed by atoms with E-state index in [-0.39, 0.29) is 0 Å². The van der Waals surface area contributed by atoms with E-state index in [1.165, 1.54) is 5.56 Å². The number of hydrogen-bond donors (Lipinski definition) is 2. The molecule has 0 fully saturated rings. The predicted molar refractivity (Wildman–Crippen MR) is 64.9 cm³/mol. The van der Waals surface area contributed by atoms with Crippen LogP contribution < -0.4 is 5.32 Å². The number of rotatable bonds is 4. The highest BCUT2D eigenvalue weighted by atomic mass is 79.9. The van der Waals surface area contributed by atoms with Crippen molar-refractivity contribution in [2.75, 3.05) is 11.9 Å². The summed E-state index contributed by atoms with van der Waals surface area (Å²) in [6, 6.07) is 6.02. The van der Waals surface area contributed by atoms with Crippen LogP contribution >= 0.6 is 15.9 Å². The molecule has 0 aliphatic heterocycles. The molecule has 4 heteroatoms. The van der Waals surface area contributed by atoms with Gasteiger partial charge in [-0.15, -0.1) is 0 Å². The fraction of sp³-hybridized carbons (Fsp3) is 0.182. The Morgan fingerprint density at radius 2 is 2.27 bits per heavy atom. The first kappa shape index (κ1) is 10.2. The van der Waals surface area contributed by atoms with E-state index in [0.29, 0.717) is 0 Å². The van der Waals surface area contributed by atoms with Crippen LogP contribution in [0.2, 0.25) is 0 Å². The number of anilines is 1. The molecule has 0 atom stereocenters. The van der Waals surface area contributed by atoms with Gasteiger partial charge in [-0.1, -0.05) is 0 Å². The fourth-order valence-electron chi connectivity index (χ4n) is 1.33. The second kappa shape index (κ2) is 4.98. The van der Waals surface area contributed by atoms with Gasteiger partial charge in [0.15, 0.2) is 0 Å². The van der Waals surface area contributed by atoms with Gasteiger partial charge in [-0.3, -0.25) is 0 Å². The van der Waals surface area contributed by atoms with Gasteiger partial charge in [-0.05, 0) is 46.1 Å². The van der Waals surface area contributed by atoms with Crippen molar-refractivity contribution in [2.45, 2.75) is 6.42 Å². The van der Waals surface area contributed by atoms with E-state index in [2.05, 4.69) is 37.3 Å². The largest absolute Gasteiger partial charge is 0.370 e. The molecule has 0 bridgehead atoms. The topological polar surface area (TPSA) is 40.7 Å². The molecule has 0 aliphatic rings. The SMILES string of the molecule is Brc1ccc(NCCc2cc[nH]c2)nc1. The second-order valence-corrected chi connectivity index (χ2v) is 4.17. The number of aromatic amines is 1. The van der Waals surface area contributed by atoms with E-state index >= 15 is 0 Å². The first-order valence-corrected chi connectivity index (χ1v) is 5.61. The summed E-state index contributed by atoms with van der Waals surface area (Å²) in [7, 11) is 0. The number of halogens is 1. The highest BCUT2D eigenvalue weighted by Crippen LogP contribution is 2.10. The summed E-state index contributed by atoms with van der Waals surface area (Å²) in [4.78, 5) is 7.27. The Labute approximate surface area is 97.1 Å². The van der Waals surface area contributed by atoms with Crippen LogP contribution in [0.25, 0.3) is 0 Å². The molecule has 0 amide bonds. The highest BCUT2D eigenvalue weighted by Gasteiger charge is 1.95. The molecule has 2 heterocycles. The molecule has 2 aromatic heterocycles. The molecule has 2 N–H and O–H groups in total.